The van der Waals surface area contributed by atoms with Crippen molar-refractivity contribution in [2.24, 2.45) is 0 Å². The number of rotatable bonds is 6. The van der Waals surface area contributed by atoms with E-state index in [1.807, 2.05) is 97.9 Å². The average Bonchev–Trinajstić information content (AvgIpc) is 2.96. The fourth-order valence-corrected chi connectivity index (χ4v) is 4.20. The molecule has 5 aromatic rings. The summed E-state index contributed by atoms with van der Waals surface area (Å²) in [7, 11) is 1.62. The molecule has 1 N–H and O–H groups in total. The zero-order valence-electron chi connectivity index (χ0n) is 21.2. The summed E-state index contributed by atoms with van der Waals surface area (Å²) in [5, 5.41) is 3.99. The van der Waals surface area contributed by atoms with Gasteiger partial charge in [-0.2, -0.15) is 0 Å². The Bertz CT molecular complexity index is 1680. The zero-order valence-corrected chi connectivity index (χ0v) is 21.2. The van der Waals surface area contributed by atoms with Crippen LogP contribution in [-0.4, -0.2) is 24.6 Å². The van der Waals surface area contributed by atoms with Gasteiger partial charge in [-0.3, -0.25) is 9.78 Å². The summed E-state index contributed by atoms with van der Waals surface area (Å²) in [4.78, 5) is 18.1. The lowest BCUT2D eigenvalue weighted by atomic mass is 9.98. The van der Waals surface area contributed by atoms with Crippen LogP contribution >= 0.6 is 0 Å². The van der Waals surface area contributed by atoms with E-state index < -0.39 is 0 Å². The van der Waals surface area contributed by atoms with Crippen LogP contribution in [0.25, 0.3) is 22.0 Å². The Balaban J connectivity index is 1.46. The molecule has 0 bridgehead atoms. The van der Waals surface area contributed by atoms with Crippen molar-refractivity contribution < 1.29 is 14.3 Å². The number of aromatic nitrogens is 1. The molecule has 4 aromatic carbocycles. The fraction of sp³-hybridized carbons (Fsp3) is 0.0909. The number of nitrogens with one attached hydrogen (secondary N) is 1. The molecule has 5 nitrogen and oxygen atoms in total. The van der Waals surface area contributed by atoms with Gasteiger partial charge in [0.05, 0.1) is 23.9 Å². The number of fused-ring (bicyclic) bond motifs is 1. The second kappa shape index (κ2) is 11.3. The van der Waals surface area contributed by atoms with E-state index in [4.69, 9.17) is 9.47 Å². The second-order valence-corrected chi connectivity index (χ2v) is 8.68. The molecule has 0 saturated carbocycles. The maximum Gasteiger partial charge on any atom is 0.256 e. The number of pyridine rings is 1. The third-order valence-corrected chi connectivity index (χ3v) is 6.18. The Labute approximate surface area is 222 Å². The van der Waals surface area contributed by atoms with E-state index in [0.29, 0.717) is 22.7 Å². The van der Waals surface area contributed by atoms with E-state index in [-0.39, 0.29) is 12.5 Å². The predicted molar refractivity (Wildman–Crippen MR) is 152 cm³/mol. The minimum absolute atomic E-state index is 0.196. The number of nitrogens with zero attached hydrogens (tertiary/aromatic N) is 1. The third kappa shape index (κ3) is 5.50. The van der Waals surface area contributed by atoms with Crippen molar-refractivity contribution in [2.75, 3.05) is 19.0 Å². The number of carbonyl (C=O) groups is 1. The Kier molecular flexibility index (Phi) is 7.33. The van der Waals surface area contributed by atoms with Gasteiger partial charge < -0.3 is 14.8 Å². The number of methoxy groups -OCH3 is 1. The molecule has 0 aliphatic rings. The fourth-order valence-electron chi connectivity index (χ4n) is 4.20. The highest BCUT2D eigenvalue weighted by Crippen LogP contribution is 2.31. The van der Waals surface area contributed by atoms with Crippen molar-refractivity contribution >= 4 is 22.5 Å². The molecule has 0 fully saturated rings. The first kappa shape index (κ1) is 24.6. The lowest BCUT2D eigenvalue weighted by molar-refractivity contribution is 0.102. The molecule has 0 aliphatic carbocycles. The Morgan fingerprint density at radius 3 is 2.61 bits per heavy atom. The van der Waals surface area contributed by atoms with Crippen LogP contribution in [0.4, 0.5) is 5.69 Å². The van der Waals surface area contributed by atoms with Crippen molar-refractivity contribution in [3.05, 3.63) is 120 Å². The summed E-state index contributed by atoms with van der Waals surface area (Å²) in [6.07, 6.45) is 1.71. The summed E-state index contributed by atoms with van der Waals surface area (Å²) >= 11 is 0. The molecule has 0 saturated heterocycles. The Morgan fingerprint density at radius 2 is 1.74 bits per heavy atom. The molecular weight excluding hydrogens is 472 g/mol. The van der Waals surface area contributed by atoms with Crippen molar-refractivity contribution in [1.82, 2.24) is 4.98 Å². The van der Waals surface area contributed by atoms with Crippen LogP contribution in [0.15, 0.2) is 103 Å². The van der Waals surface area contributed by atoms with Gasteiger partial charge in [-0.25, -0.2) is 0 Å². The van der Waals surface area contributed by atoms with Crippen molar-refractivity contribution in [1.29, 1.82) is 0 Å². The van der Waals surface area contributed by atoms with Gasteiger partial charge in [0.1, 0.15) is 18.1 Å². The summed E-state index contributed by atoms with van der Waals surface area (Å²) in [5.74, 6) is 7.20. The number of hydrogen-bond acceptors (Lipinski definition) is 4. The number of aryl methyl sites for hydroxylation is 1. The Morgan fingerprint density at radius 1 is 0.895 bits per heavy atom. The largest absolute Gasteiger partial charge is 0.497 e. The predicted octanol–water partition coefficient (Wildman–Crippen LogP) is 6.90. The first-order valence-electron chi connectivity index (χ1n) is 12.2. The van der Waals surface area contributed by atoms with Crippen LogP contribution < -0.4 is 14.8 Å². The standard InChI is InChI=1S/C33H26N2O3/c1-23-9-3-4-10-24(23)14-8-20-38-28-17-18-29(26-12-5-15-27(21-26)37-2)30(22-28)33(36)35-31-16-6-11-25-13-7-19-34-32(25)31/h3-7,9-13,15-19,21-22H,20H2,1-2H3,(H,35,36). The molecule has 0 aliphatic heterocycles. The van der Waals surface area contributed by atoms with Crippen LogP contribution in [0.5, 0.6) is 11.5 Å². The summed E-state index contributed by atoms with van der Waals surface area (Å²) in [6.45, 7) is 2.22. The van der Waals surface area contributed by atoms with Crippen LogP contribution in [0.2, 0.25) is 0 Å². The minimum Gasteiger partial charge on any atom is -0.497 e. The lowest BCUT2D eigenvalue weighted by Crippen LogP contribution is -2.14. The first-order chi connectivity index (χ1) is 18.6. The highest BCUT2D eigenvalue weighted by atomic mass is 16.5. The third-order valence-electron chi connectivity index (χ3n) is 6.18. The van der Waals surface area contributed by atoms with Gasteiger partial charge in [0.15, 0.2) is 0 Å². The van der Waals surface area contributed by atoms with Gasteiger partial charge in [-0.15, -0.1) is 0 Å². The number of hydrogen-bond donors (Lipinski definition) is 1. The lowest BCUT2D eigenvalue weighted by Gasteiger charge is -2.14. The van der Waals surface area contributed by atoms with Crippen LogP contribution in [-0.2, 0) is 0 Å². The van der Waals surface area contributed by atoms with E-state index >= 15 is 0 Å². The van der Waals surface area contributed by atoms with Gasteiger partial charge in [0, 0.05) is 17.1 Å². The smallest absolute Gasteiger partial charge is 0.256 e. The number of anilines is 1. The minimum atomic E-state index is -0.266. The molecule has 0 radical (unpaired) electrons. The topological polar surface area (TPSA) is 60.5 Å². The summed E-state index contributed by atoms with van der Waals surface area (Å²) in [5.41, 5.74) is 5.53. The summed E-state index contributed by atoms with van der Waals surface area (Å²) < 4.78 is 11.3. The quantitative estimate of drug-likeness (QED) is 0.259. The SMILES string of the molecule is COc1cccc(-c2ccc(OCC#Cc3ccccc3C)cc2C(=O)Nc2cccc3cccnc23)c1. The zero-order chi connectivity index (χ0) is 26.3. The number of para-hydroxylation sites is 1. The van der Waals surface area contributed by atoms with Gasteiger partial charge in [-0.1, -0.05) is 60.4 Å². The van der Waals surface area contributed by atoms with Gasteiger partial charge in [-0.05, 0) is 72.1 Å². The van der Waals surface area contributed by atoms with Gasteiger partial charge >= 0.3 is 0 Å². The number of carbonyl (C=O) groups excluding carboxylic acids is 1. The molecule has 186 valence electrons. The molecule has 1 amide bonds. The highest BCUT2D eigenvalue weighted by molar-refractivity contribution is 6.11. The normalized spacial score (nSPS) is 10.4. The van der Waals surface area contributed by atoms with Gasteiger partial charge in [0.2, 0.25) is 0 Å². The van der Waals surface area contributed by atoms with E-state index in [0.717, 1.165) is 33.2 Å². The van der Waals surface area contributed by atoms with Crippen LogP contribution in [0.1, 0.15) is 21.5 Å². The molecule has 0 spiro atoms. The average molecular weight is 499 g/mol. The second-order valence-electron chi connectivity index (χ2n) is 8.68. The van der Waals surface area contributed by atoms with E-state index in [9.17, 15) is 4.79 Å². The Hall–Kier alpha value is -5.08. The number of ether oxygens (including phenoxy) is 2. The molecule has 5 rings (SSSR count). The van der Waals surface area contributed by atoms with E-state index in [2.05, 4.69) is 22.1 Å². The van der Waals surface area contributed by atoms with E-state index in [1.165, 1.54) is 0 Å². The molecule has 38 heavy (non-hydrogen) atoms. The van der Waals surface area contributed by atoms with E-state index in [1.54, 1.807) is 19.4 Å². The van der Waals surface area contributed by atoms with Crippen molar-refractivity contribution in [3.8, 4) is 34.5 Å². The monoisotopic (exact) mass is 498 g/mol. The van der Waals surface area contributed by atoms with Crippen molar-refractivity contribution in [3.63, 3.8) is 0 Å². The maximum atomic E-state index is 13.7. The van der Waals surface area contributed by atoms with Crippen LogP contribution in [0, 0.1) is 18.8 Å². The molecule has 0 atom stereocenters. The molecular formula is C33H26N2O3. The molecule has 1 aromatic heterocycles. The van der Waals surface area contributed by atoms with Crippen molar-refractivity contribution in [2.45, 2.75) is 6.92 Å². The van der Waals surface area contributed by atoms with Crippen LogP contribution in [0.3, 0.4) is 0 Å². The maximum absolute atomic E-state index is 13.7. The molecule has 5 heteroatoms. The first-order valence-corrected chi connectivity index (χ1v) is 12.2. The molecule has 1 heterocycles. The number of amides is 1. The summed E-state index contributed by atoms with van der Waals surface area (Å²) in [6, 6.07) is 30.6. The highest BCUT2D eigenvalue weighted by Gasteiger charge is 2.17. The molecule has 0 unspecified atom stereocenters. The number of benzene rings is 4. The van der Waals surface area contributed by atoms with Gasteiger partial charge in [0.25, 0.3) is 5.91 Å².